The second kappa shape index (κ2) is 8.46. The molecule has 1 amide bonds. The molecule has 0 saturated heterocycles. The summed E-state index contributed by atoms with van der Waals surface area (Å²) in [4.78, 5) is 20.8. The van der Waals surface area contributed by atoms with E-state index in [0.29, 0.717) is 26.3 Å². The second-order valence-electron chi connectivity index (χ2n) is 7.43. The van der Waals surface area contributed by atoms with Crippen LogP contribution in [0.2, 0.25) is 10.0 Å². The number of hydrogen-bond acceptors (Lipinski definition) is 3. The molecule has 2 aromatic carbocycles. The molecule has 1 spiro atoms. The highest BCUT2D eigenvalue weighted by Crippen LogP contribution is 2.41. The fraction of sp³-hybridized carbons (Fsp3) is 0.318. The minimum atomic E-state index is -0.643. The van der Waals surface area contributed by atoms with Crippen molar-refractivity contribution in [3.63, 3.8) is 0 Å². The molecule has 2 aromatic rings. The standard InChI is InChI=1S/C22H19BrCl2N2OS/c23-15-7-5-14(6-8-15)20(28)27-21(29)19(17-10-9-16(24)13-18(17)25)26-22(27)11-3-1-2-4-12-22/h5-10,13H,1-4,11-12H2. The Hall–Kier alpha value is -1.27. The van der Waals surface area contributed by atoms with Gasteiger partial charge in [0, 0.05) is 20.6 Å². The molecular weight excluding hydrogens is 491 g/mol. The van der Waals surface area contributed by atoms with E-state index in [1.54, 1.807) is 17.0 Å². The fourth-order valence-electron chi connectivity index (χ4n) is 4.09. The molecule has 1 fully saturated rings. The monoisotopic (exact) mass is 508 g/mol. The molecule has 1 saturated carbocycles. The van der Waals surface area contributed by atoms with E-state index in [4.69, 9.17) is 40.4 Å². The van der Waals surface area contributed by atoms with Gasteiger partial charge in [0.1, 0.15) is 16.4 Å². The summed E-state index contributed by atoms with van der Waals surface area (Å²) in [5, 5.41) is 1.04. The molecule has 7 heteroatoms. The lowest BCUT2D eigenvalue weighted by molar-refractivity contribution is 0.0692. The van der Waals surface area contributed by atoms with Crippen molar-refractivity contribution in [3.8, 4) is 0 Å². The summed E-state index contributed by atoms with van der Waals surface area (Å²) in [6.07, 6.45) is 5.90. The van der Waals surface area contributed by atoms with E-state index in [9.17, 15) is 4.79 Å². The van der Waals surface area contributed by atoms with E-state index >= 15 is 0 Å². The van der Waals surface area contributed by atoms with Crippen LogP contribution in [0.4, 0.5) is 0 Å². The van der Waals surface area contributed by atoms with Crippen molar-refractivity contribution in [2.24, 2.45) is 4.99 Å². The van der Waals surface area contributed by atoms with Crippen LogP contribution in [-0.4, -0.2) is 27.2 Å². The maximum Gasteiger partial charge on any atom is 0.260 e. The minimum Gasteiger partial charge on any atom is -0.271 e. The van der Waals surface area contributed by atoms with Gasteiger partial charge in [0.25, 0.3) is 5.91 Å². The van der Waals surface area contributed by atoms with E-state index in [1.165, 1.54) is 0 Å². The molecule has 0 aromatic heterocycles. The van der Waals surface area contributed by atoms with E-state index in [-0.39, 0.29) is 5.91 Å². The molecule has 1 aliphatic heterocycles. The molecule has 150 valence electrons. The lowest BCUT2D eigenvalue weighted by Gasteiger charge is -2.35. The smallest absolute Gasteiger partial charge is 0.260 e. The first-order valence-corrected chi connectivity index (χ1v) is 11.6. The van der Waals surface area contributed by atoms with Crippen LogP contribution in [-0.2, 0) is 0 Å². The molecule has 1 aliphatic carbocycles. The Bertz CT molecular complexity index is 998. The van der Waals surface area contributed by atoms with Crippen molar-refractivity contribution in [2.45, 2.75) is 44.2 Å². The molecule has 0 atom stereocenters. The third-order valence-corrected chi connectivity index (χ3v) is 6.98. The lowest BCUT2D eigenvalue weighted by atomic mass is 9.99. The third kappa shape index (κ3) is 4.02. The zero-order valence-corrected chi connectivity index (χ0v) is 19.5. The molecule has 0 unspecified atom stereocenters. The number of thiocarbonyl (C=S) groups is 1. The van der Waals surface area contributed by atoms with Crippen molar-refractivity contribution in [3.05, 3.63) is 68.1 Å². The number of benzene rings is 2. The van der Waals surface area contributed by atoms with E-state index < -0.39 is 5.66 Å². The Labute approximate surface area is 194 Å². The number of carbonyl (C=O) groups is 1. The summed E-state index contributed by atoms with van der Waals surface area (Å²) in [6, 6.07) is 12.6. The highest BCUT2D eigenvalue weighted by Gasteiger charge is 2.48. The van der Waals surface area contributed by atoms with Crippen molar-refractivity contribution < 1.29 is 4.79 Å². The van der Waals surface area contributed by atoms with Gasteiger partial charge in [0.2, 0.25) is 0 Å². The zero-order chi connectivity index (χ0) is 20.6. The zero-order valence-electron chi connectivity index (χ0n) is 15.6. The summed E-state index contributed by atoms with van der Waals surface area (Å²) in [5.41, 5.74) is 1.28. The molecule has 1 heterocycles. The molecule has 0 bridgehead atoms. The van der Waals surface area contributed by atoms with Crippen LogP contribution >= 0.6 is 51.3 Å². The van der Waals surface area contributed by atoms with Crippen LogP contribution in [0, 0.1) is 0 Å². The number of halogens is 3. The van der Waals surface area contributed by atoms with Crippen molar-refractivity contribution in [1.82, 2.24) is 4.90 Å². The summed E-state index contributed by atoms with van der Waals surface area (Å²) < 4.78 is 0.923. The van der Waals surface area contributed by atoms with Gasteiger partial charge in [-0.15, -0.1) is 0 Å². The third-order valence-electron chi connectivity index (χ3n) is 5.53. The van der Waals surface area contributed by atoms with E-state index in [0.717, 1.165) is 48.6 Å². The van der Waals surface area contributed by atoms with Crippen LogP contribution in [0.1, 0.15) is 54.4 Å². The SMILES string of the molecule is O=C(c1ccc(Br)cc1)N1C(=S)C(c2ccc(Cl)cc2Cl)=NC12CCCCCC2. The van der Waals surface area contributed by atoms with Crippen LogP contribution in [0.3, 0.4) is 0 Å². The van der Waals surface area contributed by atoms with Crippen LogP contribution in [0.5, 0.6) is 0 Å². The first kappa shape index (κ1) is 21.0. The Morgan fingerprint density at radius 2 is 1.69 bits per heavy atom. The molecule has 0 N–H and O–H groups in total. The predicted molar refractivity (Wildman–Crippen MR) is 126 cm³/mol. The highest BCUT2D eigenvalue weighted by atomic mass is 79.9. The van der Waals surface area contributed by atoms with Crippen LogP contribution < -0.4 is 0 Å². The number of carbonyl (C=O) groups excluding carboxylic acids is 1. The number of aliphatic imine (C=N–C) groups is 1. The molecule has 4 rings (SSSR count). The van der Waals surface area contributed by atoms with Gasteiger partial charge in [-0.2, -0.15) is 0 Å². The number of amides is 1. The number of hydrogen-bond donors (Lipinski definition) is 0. The maximum atomic E-state index is 13.6. The highest BCUT2D eigenvalue weighted by molar-refractivity contribution is 9.10. The van der Waals surface area contributed by atoms with Crippen molar-refractivity contribution >= 4 is 68.0 Å². The molecule has 0 radical (unpaired) electrons. The van der Waals surface area contributed by atoms with Gasteiger partial charge in [-0.05, 0) is 68.1 Å². The van der Waals surface area contributed by atoms with E-state index in [2.05, 4.69) is 15.9 Å². The van der Waals surface area contributed by atoms with Gasteiger partial charge < -0.3 is 0 Å². The summed E-state index contributed by atoms with van der Waals surface area (Å²) in [7, 11) is 0. The fourth-order valence-corrected chi connectivity index (χ4v) is 5.26. The van der Waals surface area contributed by atoms with Crippen LogP contribution in [0.25, 0.3) is 0 Å². The van der Waals surface area contributed by atoms with Gasteiger partial charge in [0.15, 0.2) is 0 Å². The van der Waals surface area contributed by atoms with Crippen molar-refractivity contribution in [2.75, 3.05) is 0 Å². The Kier molecular flexibility index (Phi) is 6.12. The molecule has 2 aliphatic rings. The molecule has 29 heavy (non-hydrogen) atoms. The summed E-state index contributed by atoms with van der Waals surface area (Å²) in [6.45, 7) is 0. The Morgan fingerprint density at radius 1 is 1.03 bits per heavy atom. The minimum absolute atomic E-state index is 0.117. The van der Waals surface area contributed by atoms with Gasteiger partial charge in [-0.25, -0.2) is 0 Å². The number of rotatable bonds is 2. The Balaban J connectivity index is 1.80. The van der Waals surface area contributed by atoms with Crippen LogP contribution in [0.15, 0.2) is 51.9 Å². The first-order chi connectivity index (χ1) is 13.9. The average Bonchev–Trinajstić information content (AvgIpc) is 2.82. The quantitative estimate of drug-likeness (QED) is 0.405. The van der Waals surface area contributed by atoms with E-state index in [1.807, 2.05) is 30.3 Å². The van der Waals surface area contributed by atoms with Gasteiger partial charge in [-0.1, -0.05) is 64.2 Å². The second-order valence-corrected chi connectivity index (χ2v) is 9.58. The average molecular weight is 510 g/mol. The molecular formula is C22H19BrCl2N2OS. The predicted octanol–water partition coefficient (Wildman–Crippen LogP) is 7.08. The largest absolute Gasteiger partial charge is 0.271 e. The van der Waals surface area contributed by atoms with Gasteiger partial charge in [0.05, 0.1) is 5.02 Å². The summed E-state index contributed by atoms with van der Waals surface area (Å²) in [5.74, 6) is -0.117. The van der Waals surface area contributed by atoms with Gasteiger partial charge >= 0.3 is 0 Å². The molecule has 3 nitrogen and oxygen atoms in total. The van der Waals surface area contributed by atoms with Crippen molar-refractivity contribution in [1.29, 1.82) is 0 Å². The summed E-state index contributed by atoms with van der Waals surface area (Å²) >= 11 is 21.8. The van der Waals surface area contributed by atoms with Gasteiger partial charge in [-0.3, -0.25) is 14.7 Å². The first-order valence-electron chi connectivity index (χ1n) is 9.61. The normalized spacial score (nSPS) is 18.7. The maximum absolute atomic E-state index is 13.6. The lowest BCUT2D eigenvalue weighted by Crippen LogP contribution is -2.49. The Morgan fingerprint density at radius 3 is 2.31 bits per heavy atom. The topological polar surface area (TPSA) is 32.7 Å². The number of nitrogens with zero attached hydrogens (tertiary/aromatic N) is 2.